The second kappa shape index (κ2) is 7.59. The van der Waals surface area contributed by atoms with Crippen LogP contribution in [0.4, 0.5) is 0 Å². The monoisotopic (exact) mass is 262 g/mol. The summed E-state index contributed by atoms with van der Waals surface area (Å²) in [7, 11) is 1.90. The molecule has 0 unspecified atom stereocenters. The van der Waals surface area contributed by atoms with E-state index in [0.717, 1.165) is 11.5 Å². The predicted octanol–water partition coefficient (Wildman–Crippen LogP) is 2.22. The largest absolute Gasteiger partial charge is 0.465 e. The van der Waals surface area contributed by atoms with Crippen LogP contribution in [0.1, 0.15) is 11.5 Å². The van der Waals surface area contributed by atoms with Crippen molar-refractivity contribution in [3.8, 4) is 0 Å². The number of aryl methyl sites for hydroxylation is 1. The summed E-state index contributed by atoms with van der Waals surface area (Å²) >= 11 is 0. The van der Waals surface area contributed by atoms with Gasteiger partial charge in [-0.2, -0.15) is 0 Å². The maximum Gasteiger partial charge on any atom is 0.237 e. The molecule has 0 aliphatic carbocycles. The van der Waals surface area contributed by atoms with Gasteiger partial charge in [-0.05, 0) is 26.1 Å². The van der Waals surface area contributed by atoms with Crippen molar-refractivity contribution in [2.24, 2.45) is 0 Å². The average Bonchev–Trinajstić information content (AvgIpc) is 2.74. The van der Waals surface area contributed by atoms with E-state index in [9.17, 15) is 4.79 Å². The Hall–Kier alpha value is -1.81. The lowest BCUT2D eigenvalue weighted by Gasteiger charge is -2.22. The van der Waals surface area contributed by atoms with Crippen LogP contribution >= 0.6 is 0 Å². The zero-order valence-electron chi connectivity index (χ0n) is 11.8. The standard InChI is InChI=1S/C15H22N2O2/c1-5-9-17(10-6-2)15(18)12-16(4)11-14-8-7-13(3)19-14/h5-8H,1-2,9-12H2,3-4H3. The summed E-state index contributed by atoms with van der Waals surface area (Å²) in [5.41, 5.74) is 0. The summed E-state index contributed by atoms with van der Waals surface area (Å²) in [4.78, 5) is 15.7. The minimum absolute atomic E-state index is 0.0607. The van der Waals surface area contributed by atoms with Gasteiger partial charge in [-0.1, -0.05) is 12.2 Å². The second-order valence-corrected chi connectivity index (χ2v) is 4.56. The number of hydrogen-bond donors (Lipinski definition) is 0. The van der Waals surface area contributed by atoms with Crippen LogP contribution in [0.5, 0.6) is 0 Å². The zero-order chi connectivity index (χ0) is 14.3. The number of nitrogens with zero attached hydrogens (tertiary/aromatic N) is 2. The van der Waals surface area contributed by atoms with Gasteiger partial charge in [0.2, 0.25) is 5.91 Å². The molecule has 0 spiro atoms. The molecule has 0 N–H and O–H groups in total. The highest BCUT2D eigenvalue weighted by Gasteiger charge is 2.14. The third-order valence-electron chi connectivity index (χ3n) is 2.68. The fourth-order valence-electron chi connectivity index (χ4n) is 1.81. The lowest BCUT2D eigenvalue weighted by molar-refractivity contribution is -0.131. The smallest absolute Gasteiger partial charge is 0.237 e. The van der Waals surface area contributed by atoms with E-state index in [1.165, 1.54) is 0 Å². The van der Waals surface area contributed by atoms with Crippen molar-refractivity contribution in [3.05, 3.63) is 49.0 Å². The number of amides is 1. The number of carbonyl (C=O) groups is 1. The van der Waals surface area contributed by atoms with E-state index < -0.39 is 0 Å². The van der Waals surface area contributed by atoms with Crippen LogP contribution < -0.4 is 0 Å². The van der Waals surface area contributed by atoms with Gasteiger partial charge in [-0.15, -0.1) is 13.2 Å². The minimum Gasteiger partial charge on any atom is -0.465 e. The first kappa shape index (κ1) is 15.2. The predicted molar refractivity (Wildman–Crippen MR) is 76.8 cm³/mol. The molecule has 0 aliphatic rings. The normalized spacial score (nSPS) is 10.5. The molecule has 4 heteroatoms. The number of rotatable bonds is 8. The summed E-state index contributed by atoms with van der Waals surface area (Å²) in [5.74, 6) is 1.81. The molecule has 19 heavy (non-hydrogen) atoms. The summed E-state index contributed by atoms with van der Waals surface area (Å²) in [5, 5.41) is 0. The first-order chi connectivity index (χ1) is 9.06. The van der Waals surface area contributed by atoms with Crippen molar-refractivity contribution in [2.45, 2.75) is 13.5 Å². The highest BCUT2D eigenvalue weighted by molar-refractivity contribution is 5.78. The Morgan fingerprint density at radius 1 is 1.32 bits per heavy atom. The van der Waals surface area contributed by atoms with E-state index in [4.69, 9.17) is 4.42 Å². The van der Waals surface area contributed by atoms with Crippen molar-refractivity contribution in [2.75, 3.05) is 26.7 Å². The molecule has 1 aromatic rings. The third kappa shape index (κ3) is 5.14. The first-order valence-electron chi connectivity index (χ1n) is 6.30. The Balaban J connectivity index is 2.49. The SMILES string of the molecule is C=CCN(CC=C)C(=O)CN(C)Cc1ccc(C)o1. The van der Waals surface area contributed by atoms with Crippen LogP contribution in [0.15, 0.2) is 41.9 Å². The van der Waals surface area contributed by atoms with Crippen molar-refractivity contribution in [1.29, 1.82) is 0 Å². The molecular formula is C15H22N2O2. The molecule has 1 rings (SSSR count). The Morgan fingerprint density at radius 2 is 1.95 bits per heavy atom. The van der Waals surface area contributed by atoms with Crippen LogP contribution in [-0.2, 0) is 11.3 Å². The van der Waals surface area contributed by atoms with Gasteiger partial charge in [0.25, 0.3) is 0 Å². The lowest BCUT2D eigenvalue weighted by atomic mass is 10.3. The van der Waals surface area contributed by atoms with Gasteiger partial charge in [-0.3, -0.25) is 9.69 Å². The van der Waals surface area contributed by atoms with Crippen molar-refractivity contribution in [3.63, 3.8) is 0 Å². The molecule has 0 radical (unpaired) electrons. The Labute approximate surface area is 115 Å². The van der Waals surface area contributed by atoms with E-state index in [-0.39, 0.29) is 5.91 Å². The average molecular weight is 262 g/mol. The molecule has 0 aromatic carbocycles. The number of furan rings is 1. The molecule has 0 bridgehead atoms. The van der Waals surface area contributed by atoms with Crippen LogP contribution in [-0.4, -0.2) is 42.4 Å². The molecule has 0 saturated heterocycles. The molecule has 4 nitrogen and oxygen atoms in total. The highest BCUT2D eigenvalue weighted by atomic mass is 16.3. The summed E-state index contributed by atoms with van der Waals surface area (Å²) in [6, 6.07) is 3.86. The van der Waals surface area contributed by atoms with E-state index in [2.05, 4.69) is 13.2 Å². The van der Waals surface area contributed by atoms with Crippen LogP contribution in [0.3, 0.4) is 0 Å². The van der Waals surface area contributed by atoms with Crippen LogP contribution in [0.2, 0.25) is 0 Å². The van der Waals surface area contributed by atoms with E-state index in [1.807, 2.05) is 31.0 Å². The second-order valence-electron chi connectivity index (χ2n) is 4.56. The van der Waals surface area contributed by atoms with Crippen molar-refractivity contribution < 1.29 is 9.21 Å². The van der Waals surface area contributed by atoms with E-state index >= 15 is 0 Å². The molecule has 0 fully saturated rings. The van der Waals surface area contributed by atoms with Gasteiger partial charge in [0.05, 0.1) is 13.1 Å². The van der Waals surface area contributed by atoms with Gasteiger partial charge >= 0.3 is 0 Å². The van der Waals surface area contributed by atoms with Gasteiger partial charge in [0, 0.05) is 13.1 Å². The molecule has 1 amide bonds. The van der Waals surface area contributed by atoms with Crippen LogP contribution in [0.25, 0.3) is 0 Å². The number of likely N-dealkylation sites (N-methyl/N-ethyl adjacent to an activating group) is 1. The fraction of sp³-hybridized carbons (Fsp3) is 0.400. The van der Waals surface area contributed by atoms with Crippen LogP contribution in [0, 0.1) is 6.92 Å². The molecule has 1 heterocycles. The Kier molecular flexibility index (Phi) is 6.09. The number of hydrogen-bond acceptors (Lipinski definition) is 3. The summed E-state index contributed by atoms with van der Waals surface area (Å²) < 4.78 is 5.49. The zero-order valence-corrected chi connectivity index (χ0v) is 11.8. The quantitative estimate of drug-likeness (QED) is 0.674. The fourth-order valence-corrected chi connectivity index (χ4v) is 1.81. The Bertz CT molecular complexity index is 427. The van der Waals surface area contributed by atoms with Crippen molar-refractivity contribution >= 4 is 5.91 Å². The molecule has 0 aliphatic heterocycles. The summed E-state index contributed by atoms with van der Waals surface area (Å²) in [6.07, 6.45) is 3.44. The van der Waals surface area contributed by atoms with Gasteiger partial charge in [0.1, 0.15) is 11.5 Å². The molecule has 1 aromatic heterocycles. The van der Waals surface area contributed by atoms with Gasteiger partial charge < -0.3 is 9.32 Å². The maximum absolute atomic E-state index is 12.1. The molecule has 104 valence electrons. The van der Waals surface area contributed by atoms with Gasteiger partial charge in [0.15, 0.2) is 0 Å². The molecule has 0 atom stereocenters. The molecule has 0 saturated carbocycles. The topological polar surface area (TPSA) is 36.7 Å². The third-order valence-corrected chi connectivity index (χ3v) is 2.68. The van der Waals surface area contributed by atoms with Gasteiger partial charge in [-0.25, -0.2) is 0 Å². The van der Waals surface area contributed by atoms with E-state index in [0.29, 0.717) is 26.2 Å². The molecular weight excluding hydrogens is 240 g/mol. The van der Waals surface area contributed by atoms with E-state index in [1.54, 1.807) is 17.1 Å². The summed E-state index contributed by atoms with van der Waals surface area (Å²) in [6.45, 7) is 11.3. The lowest BCUT2D eigenvalue weighted by Crippen LogP contribution is -2.38. The van der Waals surface area contributed by atoms with Crippen molar-refractivity contribution in [1.82, 2.24) is 9.80 Å². The highest BCUT2D eigenvalue weighted by Crippen LogP contribution is 2.08. The maximum atomic E-state index is 12.1. The first-order valence-corrected chi connectivity index (χ1v) is 6.30. The Morgan fingerprint density at radius 3 is 2.42 bits per heavy atom. The minimum atomic E-state index is 0.0607. The number of carbonyl (C=O) groups excluding carboxylic acids is 1.